The van der Waals surface area contributed by atoms with E-state index in [1.54, 1.807) is 0 Å². The first kappa shape index (κ1) is 15.8. The van der Waals surface area contributed by atoms with Gasteiger partial charge in [0.2, 0.25) is 5.91 Å². The first-order valence-corrected chi connectivity index (χ1v) is 8.14. The minimum absolute atomic E-state index is 0.0241. The summed E-state index contributed by atoms with van der Waals surface area (Å²) in [4.78, 5) is 17.0. The van der Waals surface area contributed by atoms with Crippen LogP contribution < -0.4 is 5.32 Å². The van der Waals surface area contributed by atoms with Crippen molar-refractivity contribution in [3.63, 3.8) is 0 Å². The van der Waals surface area contributed by atoms with E-state index >= 15 is 0 Å². The molecule has 4 heteroatoms. The van der Waals surface area contributed by atoms with Gasteiger partial charge in [-0.1, -0.05) is 26.7 Å². The minimum atomic E-state index is -0.0241. The molecule has 0 spiro atoms. The molecule has 2 rings (SSSR count). The topological polar surface area (TPSA) is 35.6 Å². The van der Waals surface area contributed by atoms with Crippen LogP contribution in [0, 0.1) is 11.8 Å². The Morgan fingerprint density at radius 2 is 1.90 bits per heavy atom. The molecule has 2 aliphatic rings. The van der Waals surface area contributed by atoms with Crippen LogP contribution in [0.2, 0.25) is 0 Å². The van der Waals surface area contributed by atoms with Crippen LogP contribution in [0.15, 0.2) is 0 Å². The molecule has 1 N–H and O–H groups in total. The molecule has 0 aromatic rings. The highest BCUT2D eigenvalue weighted by Gasteiger charge is 2.45. The average molecular weight is 281 g/mol. The first-order valence-electron chi connectivity index (χ1n) is 8.14. The molecule has 0 radical (unpaired) electrons. The molecule has 0 bridgehead atoms. The molecule has 1 aliphatic heterocycles. The number of hydrogen-bond acceptors (Lipinski definition) is 3. The van der Waals surface area contributed by atoms with Crippen molar-refractivity contribution in [2.45, 2.75) is 64.7 Å². The molecule has 4 nitrogen and oxygen atoms in total. The number of carbonyl (C=O) groups excluding carboxylic acids is 1. The fourth-order valence-electron chi connectivity index (χ4n) is 3.77. The van der Waals surface area contributed by atoms with Crippen molar-refractivity contribution in [2.24, 2.45) is 11.8 Å². The number of nitrogens with one attached hydrogen (secondary N) is 1. The van der Waals surface area contributed by atoms with Crippen LogP contribution in [0.4, 0.5) is 0 Å². The molecule has 1 heterocycles. The van der Waals surface area contributed by atoms with E-state index in [-0.39, 0.29) is 12.2 Å². The zero-order chi connectivity index (χ0) is 14.9. The maximum absolute atomic E-state index is 12.6. The highest BCUT2D eigenvalue weighted by molar-refractivity contribution is 5.84. The Kier molecular flexibility index (Phi) is 5.08. The number of hydrogen-bond donors (Lipinski definition) is 1. The maximum atomic E-state index is 12.6. The Morgan fingerprint density at radius 3 is 2.40 bits per heavy atom. The lowest BCUT2D eigenvalue weighted by Gasteiger charge is -2.39. The molecule has 1 aliphatic carbocycles. The van der Waals surface area contributed by atoms with Crippen molar-refractivity contribution in [3.05, 3.63) is 0 Å². The lowest BCUT2D eigenvalue weighted by molar-refractivity contribution is -0.134. The Bertz CT molecular complexity index is 335. The summed E-state index contributed by atoms with van der Waals surface area (Å²) in [7, 11) is 4.19. The number of likely N-dealkylation sites (N-methyl/N-ethyl adjacent to an activating group) is 1. The average Bonchev–Trinajstić information content (AvgIpc) is 2.96. The van der Waals surface area contributed by atoms with E-state index in [1.165, 1.54) is 25.7 Å². The Morgan fingerprint density at radius 1 is 1.30 bits per heavy atom. The summed E-state index contributed by atoms with van der Waals surface area (Å²) in [5.74, 6) is 1.42. The molecular formula is C16H31N3O. The van der Waals surface area contributed by atoms with Crippen molar-refractivity contribution >= 4 is 5.91 Å². The van der Waals surface area contributed by atoms with Crippen LogP contribution >= 0.6 is 0 Å². The summed E-state index contributed by atoms with van der Waals surface area (Å²) in [6.45, 7) is 7.42. The van der Waals surface area contributed by atoms with Gasteiger partial charge < -0.3 is 9.80 Å². The van der Waals surface area contributed by atoms with E-state index in [2.05, 4.69) is 43.1 Å². The predicted octanol–water partition coefficient (Wildman–Crippen LogP) is 1.91. The smallest absolute Gasteiger partial charge is 0.241 e. The fraction of sp³-hybridized carbons (Fsp3) is 0.938. The van der Waals surface area contributed by atoms with Gasteiger partial charge in [-0.3, -0.25) is 10.1 Å². The quantitative estimate of drug-likeness (QED) is 0.836. The van der Waals surface area contributed by atoms with Gasteiger partial charge in [-0.25, -0.2) is 0 Å². The van der Waals surface area contributed by atoms with Crippen molar-refractivity contribution in [1.82, 2.24) is 15.1 Å². The van der Waals surface area contributed by atoms with Crippen LogP contribution in [0.3, 0.4) is 0 Å². The van der Waals surface area contributed by atoms with E-state index in [0.717, 1.165) is 6.54 Å². The molecule has 2 fully saturated rings. The van der Waals surface area contributed by atoms with Gasteiger partial charge >= 0.3 is 0 Å². The van der Waals surface area contributed by atoms with Crippen molar-refractivity contribution < 1.29 is 4.79 Å². The first-order chi connectivity index (χ1) is 9.41. The predicted molar refractivity (Wildman–Crippen MR) is 82.4 cm³/mol. The molecule has 0 aromatic heterocycles. The van der Waals surface area contributed by atoms with E-state index in [1.807, 2.05) is 6.92 Å². The van der Waals surface area contributed by atoms with E-state index in [4.69, 9.17) is 0 Å². The van der Waals surface area contributed by atoms with Crippen molar-refractivity contribution in [1.29, 1.82) is 0 Å². The third-order valence-electron chi connectivity index (χ3n) is 4.87. The second kappa shape index (κ2) is 6.44. The van der Waals surface area contributed by atoms with Crippen LogP contribution in [0.25, 0.3) is 0 Å². The van der Waals surface area contributed by atoms with Gasteiger partial charge in [0, 0.05) is 12.6 Å². The van der Waals surface area contributed by atoms with E-state index in [0.29, 0.717) is 23.8 Å². The second-order valence-corrected chi connectivity index (χ2v) is 7.20. The summed E-state index contributed by atoms with van der Waals surface area (Å²) in [5.41, 5.74) is 0. The van der Waals surface area contributed by atoms with Crippen LogP contribution in [-0.2, 0) is 4.79 Å². The number of carbonyl (C=O) groups is 1. The van der Waals surface area contributed by atoms with Crippen LogP contribution in [-0.4, -0.2) is 54.6 Å². The summed E-state index contributed by atoms with van der Waals surface area (Å²) < 4.78 is 0. The molecule has 1 saturated carbocycles. The largest absolute Gasteiger partial charge is 0.321 e. The van der Waals surface area contributed by atoms with Gasteiger partial charge in [0.15, 0.2) is 0 Å². The molecule has 1 amide bonds. The van der Waals surface area contributed by atoms with E-state index < -0.39 is 0 Å². The molecule has 3 atom stereocenters. The summed E-state index contributed by atoms with van der Waals surface area (Å²) in [6.07, 6.45) is 5.42. The monoisotopic (exact) mass is 281 g/mol. The lowest BCUT2D eigenvalue weighted by atomic mass is 9.97. The van der Waals surface area contributed by atoms with Crippen molar-refractivity contribution in [3.8, 4) is 0 Å². The Hall–Kier alpha value is -0.610. The van der Waals surface area contributed by atoms with Gasteiger partial charge in [0.1, 0.15) is 0 Å². The highest BCUT2D eigenvalue weighted by Crippen LogP contribution is 2.34. The minimum Gasteiger partial charge on any atom is -0.321 e. The zero-order valence-electron chi connectivity index (χ0n) is 13.7. The van der Waals surface area contributed by atoms with Gasteiger partial charge in [0.05, 0.1) is 12.2 Å². The second-order valence-electron chi connectivity index (χ2n) is 7.20. The summed E-state index contributed by atoms with van der Waals surface area (Å²) >= 11 is 0. The molecule has 20 heavy (non-hydrogen) atoms. The van der Waals surface area contributed by atoms with E-state index in [9.17, 15) is 4.79 Å². The summed E-state index contributed by atoms with van der Waals surface area (Å²) in [5, 5.41) is 3.56. The van der Waals surface area contributed by atoms with Crippen molar-refractivity contribution in [2.75, 3.05) is 20.6 Å². The molecular weight excluding hydrogens is 250 g/mol. The van der Waals surface area contributed by atoms with Gasteiger partial charge in [-0.05, 0) is 45.7 Å². The molecule has 3 unspecified atom stereocenters. The SMILES string of the molecule is CC1NC(C2CCCC2)N(C(CN(C)C)C(C)C)C1=O. The third kappa shape index (κ3) is 3.17. The van der Waals surface area contributed by atoms with Crippen LogP contribution in [0.5, 0.6) is 0 Å². The van der Waals surface area contributed by atoms with Gasteiger partial charge in [-0.15, -0.1) is 0 Å². The van der Waals surface area contributed by atoms with Gasteiger partial charge in [-0.2, -0.15) is 0 Å². The van der Waals surface area contributed by atoms with Crippen LogP contribution in [0.1, 0.15) is 46.5 Å². The molecule has 1 saturated heterocycles. The standard InChI is InChI=1S/C16H31N3O/c1-11(2)14(10-18(4)5)19-15(13-8-6-7-9-13)17-12(3)16(19)20/h11-15,17H,6-10H2,1-5H3. The molecule has 0 aromatic carbocycles. The highest BCUT2D eigenvalue weighted by atomic mass is 16.2. The number of rotatable bonds is 5. The third-order valence-corrected chi connectivity index (χ3v) is 4.87. The zero-order valence-corrected chi connectivity index (χ0v) is 13.7. The van der Waals surface area contributed by atoms with Gasteiger partial charge in [0.25, 0.3) is 0 Å². The number of nitrogens with zero attached hydrogens (tertiary/aromatic N) is 2. The normalized spacial score (nSPS) is 29.9. The Balaban J connectivity index is 2.20. The number of amides is 1. The fourth-order valence-corrected chi connectivity index (χ4v) is 3.77. The molecule has 116 valence electrons. The summed E-state index contributed by atoms with van der Waals surface area (Å²) in [6, 6.07) is 0.282. The lowest BCUT2D eigenvalue weighted by Crippen LogP contribution is -2.53. The Labute approximate surface area is 123 Å². The maximum Gasteiger partial charge on any atom is 0.241 e.